The standard InChI is InChI=1S/C15H20F2O2.C2H6/c1-4-7-11-8-9-15(16,17)10-13(11)12(5-2)14(18)19-6-3;1-2/h5,7H,2,4,6,8-10H2,1,3H3;1-2H3/b11-7+,13-12+;. The fourth-order valence-corrected chi connectivity index (χ4v) is 2.21. The zero-order valence-electron chi connectivity index (χ0n) is 13.5. The van der Waals surface area contributed by atoms with Gasteiger partial charge in [-0.3, -0.25) is 0 Å². The van der Waals surface area contributed by atoms with Gasteiger partial charge in [0.1, 0.15) is 0 Å². The lowest BCUT2D eigenvalue weighted by Crippen LogP contribution is -2.25. The Labute approximate surface area is 126 Å². The van der Waals surface area contributed by atoms with Gasteiger partial charge in [0.2, 0.25) is 0 Å². The van der Waals surface area contributed by atoms with Crippen LogP contribution in [0.5, 0.6) is 0 Å². The summed E-state index contributed by atoms with van der Waals surface area (Å²) in [6, 6.07) is 0. The van der Waals surface area contributed by atoms with Gasteiger partial charge in [0.05, 0.1) is 12.2 Å². The topological polar surface area (TPSA) is 26.3 Å². The van der Waals surface area contributed by atoms with Crippen molar-refractivity contribution < 1.29 is 18.3 Å². The van der Waals surface area contributed by atoms with Crippen LogP contribution in [0.3, 0.4) is 0 Å². The lowest BCUT2D eigenvalue weighted by molar-refractivity contribution is -0.138. The van der Waals surface area contributed by atoms with Crippen molar-refractivity contribution in [3.05, 3.63) is 35.5 Å². The number of alkyl halides is 2. The first-order chi connectivity index (χ1) is 9.95. The van der Waals surface area contributed by atoms with E-state index in [1.165, 1.54) is 6.08 Å². The van der Waals surface area contributed by atoms with Crippen LogP contribution in [-0.4, -0.2) is 18.5 Å². The fraction of sp³-hybridized carbons (Fsp3) is 0.588. The maximum Gasteiger partial charge on any atom is 0.338 e. The molecular formula is C17H26F2O2. The number of hydrogen-bond donors (Lipinski definition) is 0. The molecule has 1 aliphatic rings. The third-order valence-electron chi connectivity index (χ3n) is 3.06. The summed E-state index contributed by atoms with van der Waals surface area (Å²) in [5.41, 5.74) is 1.36. The summed E-state index contributed by atoms with van der Waals surface area (Å²) in [6.07, 6.45) is 3.66. The number of carbonyl (C=O) groups excluding carboxylic acids is 1. The summed E-state index contributed by atoms with van der Waals surface area (Å²) in [5.74, 6) is -3.34. The van der Waals surface area contributed by atoms with Gasteiger partial charge in [-0.1, -0.05) is 39.5 Å². The minimum Gasteiger partial charge on any atom is -0.462 e. The third kappa shape index (κ3) is 5.82. The van der Waals surface area contributed by atoms with Crippen molar-refractivity contribution in [3.8, 4) is 0 Å². The molecule has 1 aliphatic carbocycles. The van der Waals surface area contributed by atoms with Gasteiger partial charge in [0, 0.05) is 12.8 Å². The molecule has 1 saturated carbocycles. The molecule has 0 heterocycles. The number of esters is 1. The van der Waals surface area contributed by atoms with Crippen molar-refractivity contribution in [3.63, 3.8) is 0 Å². The molecule has 21 heavy (non-hydrogen) atoms. The largest absolute Gasteiger partial charge is 0.462 e. The molecule has 4 heteroatoms. The van der Waals surface area contributed by atoms with Gasteiger partial charge in [-0.15, -0.1) is 0 Å². The molecule has 1 rings (SSSR count). The molecule has 0 amide bonds. The minimum absolute atomic E-state index is 0.168. The normalized spacial score (nSPS) is 21.1. The van der Waals surface area contributed by atoms with Crippen LogP contribution in [0.4, 0.5) is 8.78 Å². The zero-order chi connectivity index (χ0) is 16.5. The van der Waals surface area contributed by atoms with E-state index >= 15 is 0 Å². The molecule has 0 bridgehead atoms. The van der Waals surface area contributed by atoms with Crippen LogP contribution in [0.15, 0.2) is 35.5 Å². The van der Waals surface area contributed by atoms with Crippen LogP contribution in [0.25, 0.3) is 0 Å². The van der Waals surface area contributed by atoms with E-state index in [4.69, 9.17) is 4.74 Å². The summed E-state index contributed by atoms with van der Waals surface area (Å²) in [5, 5.41) is 0. The highest BCUT2D eigenvalue weighted by atomic mass is 19.3. The Balaban J connectivity index is 0.00000191. The first kappa shape index (κ1) is 19.6. The minimum atomic E-state index is -2.76. The predicted molar refractivity (Wildman–Crippen MR) is 82.4 cm³/mol. The van der Waals surface area contributed by atoms with Crippen molar-refractivity contribution in [1.82, 2.24) is 0 Å². The van der Waals surface area contributed by atoms with Gasteiger partial charge in [0.25, 0.3) is 5.92 Å². The lowest BCUT2D eigenvalue weighted by Gasteiger charge is -2.27. The van der Waals surface area contributed by atoms with E-state index in [-0.39, 0.29) is 25.0 Å². The summed E-state index contributed by atoms with van der Waals surface area (Å²) >= 11 is 0. The summed E-state index contributed by atoms with van der Waals surface area (Å²) in [4.78, 5) is 11.8. The Morgan fingerprint density at radius 1 is 1.38 bits per heavy atom. The molecule has 0 spiro atoms. The summed E-state index contributed by atoms with van der Waals surface area (Å²) in [7, 11) is 0. The number of rotatable bonds is 4. The number of hydrogen-bond acceptors (Lipinski definition) is 2. The molecule has 0 aromatic rings. The molecule has 120 valence electrons. The molecule has 1 fully saturated rings. The second kappa shape index (κ2) is 9.48. The Bertz CT molecular complexity index is 421. The van der Waals surface area contributed by atoms with Crippen LogP contribution >= 0.6 is 0 Å². The van der Waals surface area contributed by atoms with Crippen LogP contribution < -0.4 is 0 Å². The van der Waals surface area contributed by atoms with Crippen molar-refractivity contribution in [2.75, 3.05) is 6.61 Å². The van der Waals surface area contributed by atoms with Crippen molar-refractivity contribution in [2.24, 2.45) is 0 Å². The second-order valence-corrected chi connectivity index (χ2v) is 4.49. The number of allylic oxidation sites excluding steroid dienone is 3. The van der Waals surface area contributed by atoms with Crippen molar-refractivity contribution >= 4 is 5.97 Å². The van der Waals surface area contributed by atoms with Gasteiger partial charge in [0.15, 0.2) is 0 Å². The Morgan fingerprint density at radius 2 is 2.00 bits per heavy atom. The summed E-state index contributed by atoms with van der Waals surface area (Å²) < 4.78 is 32.0. The van der Waals surface area contributed by atoms with E-state index < -0.39 is 18.3 Å². The van der Waals surface area contributed by atoms with Crippen molar-refractivity contribution in [1.29, 1.82) is 0 Å². The monoisotopic (exact) mass is 300 g/mol. The highest BCUT2D eigenvalue weighted by Crippen LogP contribution is 2.41. The zero-order valence-corrected chi connectivity index (χ0v) is 13.5. The quantitative estimate of drug-likeness (QED) is 0.526. The van der Waals surface area contributed by atoms with E-state index in [1.54, 1.807) is 6.92 Å². The number of ether oxygens (including phenoxy) is 1. The Hall–Kier alpha value is -1.45. The lowest BCUT2D eigenvalue weighted by atomic mass is 9.83. The SMILES string of the molecule is C=C/C(C(=O)OCC)=C1/CC(F)(F)CC/C1=C\CC.CC. The molecule has 0 radical (unpaired) electrons. The van der Waals surface area contributed by atoms with E-state index in [2.05, 4.69) is 6.58 Å². The van der Waals surface area contributed by atoms with Gasteiger partial charge < -0.3 is 4.74 Å². The van der Waals surface area contributed by atoms with E-state index in [0.717, 1.165) is 12.0 Å². The first-order valence-electron chi connectivity index (χ1n) is 7.55. The molecular weight excluding hydrogens is 274 g/mol. The first-order valence-corrected chi connectivity index (χ1v) is 7.55. The van der Waals surface area contributed by atoms with Crippen LogP contribution in [0.1, 0.15) is 53.4 Å². The average Bonchev–Trinajstić information content (AvgIpc) is 2.45. The smallest absolute Gasteiger partial charge is 0.338 e. The number of halogens is 2. The van der Waals surface area contributed by atoms with Gasteiger partial charge >= 0.3 is 5.97 Å². The van der Waals surface area contributed by atoms with E-state index in [0.29, 0.717) is 5.57 Å². The second-order valence-electron chi connectivity index (χ2n) is 4.49. The Kier molecular flexibility index (Phi) is 8.83. The highest BCUT2D eigenvalue weighted by Gasteiger charge is 2.37. The Morgan fingerprint density at radius 3 is 2.48 bits per heavy atom. The summed E-state index contributed by atoms with van der Waals surface area (Å²) in [6.45, 7) is 11.4. The number of carbonyl (C=O) groups is 1. The molecule has 2 nitrogen and oxygen atoms in total. The van der Waals surface area contributed by atoms with Crippen LogP contribution in [0.2, 0.25) is 0 Å². The fourth-order valence-electron chi connectivity index (χ4n) is 2.21. The molecule has 0 N–H and O–H groups in total. The van der Waals surface area contributed by atoms with Crippen molar-refractivity contribution in [2.45, 2.75) is 59.3 Å². The van der Waals surface area contributed by atoms with E-state index in [9.17, 15) is 13.6 Å². The van der Waals surface area contributed by atoms with Crippen LogP contribution in [0, 0.1) is 0 Å². The third-order valence-corrected chi connectivity index (χ3v) is 3.06. The maximum atomic E-state index is 13.6. The molecule has 0 aromatic carbocycles. The van der Waals surface area contributed by atoms with E-state index in [1.807, 2.05) is 26.8 Å². The predicted octanol–water partition coefficient (Wildman–Crippen LogP) is 5.21. The van der Waals surface area contributed by atoms with Gasteiger partial charge in [-0.2, -0.15) is 0 Å². The molecule has 0 atom stereocenters. The molecule has 0 saturated heterocycles. The average molecular weight is 300 g/mol. The van der Waals surface area contributed by atoms with Gasteiger partial charge in [-0.05, 0) is 30.9 Å². The molecule has 0 aromatic heterocycles. The molecule has 0 aliphatic heterocycles. The van der Waals surface area contributed by atoms with Gasteiger partial charge in [-0.25, -0.2) is 13.6 Å². The van der Waals surface area contributed by atoms with Crippen LogP contribution in [-0.2, 0) is 9.53 Å². The maximum absolute atomic E-state index is 13.6. The highest BCUT2D eigenvalue weighted by molar-refractivity contribution is 5.93. The molecule has 0 unspecified atom stereocenters.